The van der Waals surface area contributed by atoms with Gasteiger partial charge in [-0.1, -0.05) is 19.3 Å². The maximum Gasteiger partial charge on any atom is 0.226 e. The molecule has 0 spiro atoms. The first-order chi connectivity index (χ1) is 10.3. The number of hydrogen-bond acceptors (Lipinski definition) is 3. The first-order valence-electron chi connectivity index (χ1n) is 8.95. The number of likely N-dealkylation sites (tertiary alicyclic amines) is 1. The van der Waals surface area contributed by atoms with Gasteiger partial charge in [0.1, 0.15) is 0 Å². The van der Waals surface area contributed by atoms with E-state index in [9.17, 15) is 4.79 Å². The summed E-state index contributed by atoms with van der Waals surface area (Å²) in [5, 5.41) is 0. The van der Waals surface area contributed by atoms with Crippen LogP contribution in [0.25, 0.3) is 0 Å². The lowest BCUT2D eigenvalue weighted by atomic mass is 9.88. The third-order valence-electron chi connectivity index (χ3n) is 5.34. The number of thioether (sulfide) groups is 1. The predicted molar refractivity (Wildman–Crippen MR) is 89.7 cm³/mol. The summed E-state index contributed by atoms with van der Waals surface area (Å²) < 4.78 is 0. The van der Waals surface area contributed by atoms with Crippen molar-refractivity contribution in [3.8, 4) is 0 Å². The highest BCUT2D eigenvalue weighted by atomic mass is 32.2. The van der Waals surface area contributed by atoms with Gasteiger partial charge in [0.15, 0.2) is 0 Å². The van der Waals surface area contributed by atoms with E-state index in [-0.39, 0.29) is 0 Å². The Morgan fingerprint density at radius 2 is 1.71 bits per heavy atom. The van der Waals surface area contributed by atoms with Crippen LogP contribution in [0, 0.1) is 5.92 Å². The third-order valence-corrected chi connectivity index (χ3v) is 6.54. The molecule has 2 saturated heterocycles. The molecule has 1 aliphatic carbocycles. The van der Waals surface area contributed by atoms with Crippen LogP contribution in [0.1, 0.15) is 51.4 Å². The monoisotopic (exact) mass is 310 g/mol. The first-order valence-corrected chi connectivity index (χ1v) is 10.1. The van der Waals surface area contributed by atoms with Gasteiger partial charge in [-0.2, -0.15) is 11.8 Å². The maximum atomic E-state index is 13.0. The Hall–Kier alpha value is -0.220. The normalized spacial score (nSPS) is 29.5. The molecule has 0 N–H and O–H groups in total. The van der Waals surface area contributed by atoms with Gasteiger partial charge < -0.3 is 9.80 Å². The lowest BCUT2D eigenvalue weighted by Crippen LogP contribution is -2.49. The second kappa shape index (κ2) is 7.87. The van der Waals surface area contributed by atoms with Crippen LogP contribution in [0.15, 0.2) is 0 Å². The largest absolute Gasteiger partial charge is 0.337 e. The van der Waals surface area contributed by atoms with Crippen molar-refractivity contribution in [3.05, 3.63) is 0 Å². The van der Waals surface area contributed by atoms with Crippen molar-refractivity contribution in [2.75, 3.05) is 37.7 Å². The number of carbonyl (C=O) groups is 1. The molecule has 21 heavy (non-hydrogen) atoms. The summed E-state index contributed by atoms with van der Waals surface area (Å²) in [7, 11) is 0. The SMILES string of the molecule is O=C(C1CCCCC1)N1CCCSCC1CN1CCCC1. The van der Waals surface area contributed by atoms with E-state index in [4.69, 9.17) is 0 Å². The van der Waals surface area contributed by atoms with Crippen molar-refractivity contribution < 1.29 is 4.79 Å². The quantitative estimate of drug-likeness (QED) is 0.800. The molecule has 3 nitrogen and oxygen atoms in total. The zero-order chi connectivity index (χ0) is 14.5. The van der Waals surface area contributed by atoms with E-state index in [2.05, 4.69) is 21.6 Å². The van der Waals surface area contributed by atoms with Crippen molar-refractivity contribution in [2.45, 2.75) is 57.4 Å². The molecule has 2 aliphatic heterocycles. The molecule has 1 atom stereocenters. The van der Waals surface area contributed by atoms with Gasteiger partial charge in [0.25, 0.3) is 0 Å². The molecule has 1 unspecified atom stereocenters. The fourth-order valence-electron chi connectivity index (χ4n) is 4.12. The van der Waals surface area contributed by atoms with Crippen LogP contribution in [-0.2, 0) is 4.79 Å². The number of carbonyl (C=O) groups excluding carboxylic acids is 1. The smallest absolute Gasteiger partial charge is 0.226 e. The number of nitrogens with zero attached hydrogens (tertiary/aromatic N) is 2. The molecule has 2 heterocycles. The molecule has 0 bridgehead atoms. The number of amides is 1. The number of rotatable bonds is 3. The van der Waals surface area contributed by atoms with Crippen LogP contribution >= 0.6 is 11.8 Å². The second-order valence-electron chi connectivity index (χ2n) is 6.96. The average molecular weight is 311 g/mol. The average Bonchev–Trinajstić information content (AvgIpc) is 2.92. The fraction of sp³-hybridized carbons (Fsp3) is 0.941. The Morgan fingerprint density at radius 1 is 0.952 bits per heavy atom. The molecular formula is C17H30N2OS. The van der Waals surface area contributed by atoms with Crippen LogP contribution in [0.4, 0.5) is 0 Å². The molecule has 1 saturated carbocycles. The highest BCUT2D eigenvalue weighted by molar-refractivity contribution is 7.99. The standard InChI is InChI=1S/C17H30N2OS/c20-17(15-7-2-1-3-8-15)19-11-6-12-21-14-16(19)13-18-9-4-5-10-18/h15-16H,1-14H2. The van der Waals surface area contributed by atoms with E-state index in [1.54, 1.807) is 0 Å². The molecule has 0 aromatic carbocycles. The predicted octanol–water partition coefficient (Wildman–Crippen LogP) is 3.00. The van der Waals surface area contributed by atoms with Crippen molar-refractivity contribution in [1.82, 2.24) is 9.80 Å². The van der Waals surface area contributed by atoms with Crippen LogP contribution in [0.2, 0.25) is 0 Å². The van der Waals surface area contributed by atoms with Gasteiger partial charge in [-0.15, -0.1) is 0 Å². The zero-order valence-electron chi connectivity index (χ0n) is 13.3. The molecule has 3 fully saturated rings. The Balaban J connectivity index is 1.63. The third kappa shape index (κ3) is 4.16. The van der Waals surface area contributed by atoms with Crippen molar-refractivity contribution in [3.63, 3.8) is 0 Å². The molecule has 3 rings (SSSR count). The van der Waals surface area contributed by atoms with Gasteiger partial charge in [0.2, 0.25) is 5.91 Å². The Kier molecular flexibility index (Phi) is 5.87. The minimum atomic E-state index is 0.336. The molecule has 1 amide bonds. The summed E-state index contributed by atoms with van der Waals surface area (Å²) in [6.07, 6.45) is 9.99. The lowest BCUT2D eigenvalue weighted by Gasteiger charge is -2.36. The molecule has 120 valence electrons. The lowest BCUT2D eigenvalue weighted by molar-refractivity contribution is -0.138. The van der Waals surface area contributed by atoms with Crippen molar-refractivity contribution >= 4 is 17.7 Å². The summed E-state index contributed by atoms with van der Waals surface area (Å²) >= 11 is 2.05. The minimum Gasteiger partial charge on any atom is -0.337 e. The molecule has 0 radical (unpaired) electrons. The molecule has 4 heteroatoms. The molecular weight excluding hydrogens is 280 g/mol. The van der Waals surface area contributed by atoms with E-state index in [1.807, 2.05) is 0 Å². The van der Waals surface area contributed by atoms with Gasteiger partial charge in [-0.3, -0.25) is 4.79 Å². The summed E-state index contributed by atoms with van der Waals surface area (Å²) in [6.45, 7) is 4.60. The summed E-state index contributed by atoms with van der Waals surface area (Å²) in [4.78, 5) is 17.9. The van der Waals surface area contributed by atoms with Crippen LogP contribution in [-0.4, -0.2) is 59.4 Å². The van der Waals surface area contributed by atoms with E-state index < -0.39 is 0 Å². The van der Waals surface area contributed by atoms with Crippen molar-refractivity contribution in [1.29, 1.82) is 0 Å². The highest BCUT2D eigenvalue weighted by Gasteiger charge is 2.32. The Labute approximate surface area is 133 Å². The van der Waals surface area contributed by atoms with E-state index in [1.165, 1.54) is 57.4 Å². The van der Waals surface area contributed by atoms with E-state index in [0.717, 1.165) is 31.7 Å². The summed E-state index contributed by atoms with van der Waals surface area (Å²) in [6, 6.07) is 0.463. The fourth-order valence-corrected chi connectivity index (χ4v) is 5.17. The Bertz CT molecular complexity index is 338. The topological polar surface area (TPSA) is 23.6 Å². The van der Waals surface area contributed by atoms with Gasteiger partial charge in [0, 0.05) is 24.8 Å². The summed E-state index contributed by atoms with van der Waals surface area (Å²) in [5.74, 6) is 3.20. The zero-order valence-corrected chi connectivity index (χ0v) is 14.1. The summed E-state index contributed by atoms with van der Waals surface area (Å²) in [5.41, 5.74) is 0. The Morgan fingerprint density at radius 3 is 2.48 bits per heavy atom. The molecule has 0 aromatic heterocycles. The maximum absolute atomic E-state index is 13.0. The van der Waals surface area contributed by atoms with Gasteiger partial charge in [-0.05, 0) is 50.9 Å². The van der Waals surface area contributed by atoms with Crippen molar-refractivity contribution in [2.24, 2.45) is 5.92 Å². The molecule has 3 aliphatic rings. The first kappa shape index (κ1) is 15.7. The van der Waals surface area contributed by atoms with Crippen LogP contribution in [0.3, 0.4) is 0 Å². The van der Waals surface area contributed by atoms with E-state index >= 15 is 0 Å². The minimum absolute atomic E-state index is 0.336. The van der Waals surface area contributed by atoms with Crippen LogP contribution < -0.4 is 0 Å². The van der Waals surface area contributed by atoms with Gasteiger partial charge >= 0.3 is 0 Å². The van der Waals surface area contributed by atoms with Crippen LogP contribution in [0.5, 0.6) is 0 Å². The molecule has 0 aromatic rings. The van der Waals surface area contributed by atoms with E-state index in [0.29, 0.717) is 17.9 Å². The highest BCUT2D eigenvalue weighted by Crippen LogP contribution is 2.28. The number of hydrogen-bond donors (Lipinski definition) is 0. The van der Waals surface area contributed by atoms with Gasteiger partial charge in [-0.25, -0.2) is 0 Å². The van der Waals surface area contributed by atoms with Gasteiger partial charge in [0.05, 0.1) is 6.04 Å². The second-order valence-corrected chi connectivity index (χ2v) is 8.11.